The Morgan fingerprint density at radius 3 is 1.76 bits per heavy atom. The van der Waals surface area contributed by atoms with Crippen molar-refractivity contribution in [1.82, 2.24) is 0 Å². The summed E-state index contributed by atoms with van der Waals surface area (Å²) >= 11 is 0. The molecule has 1 aliphatic rings. The molecule has 4 atom stereocenters. The molecule has 3 N–H and O–H groups in total. The standard InChI is InChI=1S/C32H36O5/c33-29-22-30(34)28(27(29)20-12-1-2-13-21-31(35)36)23-37-32(24-14-6-3-7-15-24,25-16-8-4-9-17-25)26-18-10-5-11-19-26/h1,3-12,14-19,27-30,33-34H,2,13,20-23H2,(H,35,36)/t27-,28-,29+,30-/m0/s1. The number of ether oxygens (including phenoxy) is 1. The van der Waals surface area contributed by atoms with Crippen LogP contribution in [0.2, 0.25) is 0 Å². The Hall–Kier alpha value is -3.25. The third kappa shape index (κ3) is 6.37. The lowest BCUT2D eigenvalue weighted by Crippen LogP contribution is -2.37. The van der Waals surface area contributed by atoms with Crippen LogP contribution >= 0.6 is 0 Å². The predicted octanol–water partition coefficient (Wildman–Crippen LogP) is 5.55. The van der Waals surface area contributed by atoms with Crippen molar-refractivity contribution in [2.24, 2.45) is 11.8 Å². The number of aliphatic hydroxyl groups excluding tert-OH is 2. The summed E-state index contributed by atoms with van der Waals surface area (Å²) < 4.78 is 6.93. The van der Waals surface area contributed by atoms with E-state index >= 15 is 0 Å². The molecule has 3 aromatic rings. The van der Waals surface area contributed by atoms with Crippen LogP contribution in [-0.2, 0) is 15.1 Å². The largest absolute Gasteiger partial charge is 0.481 e. The predicted molar refractivity (Wildman–Crippen MR) is 144 cm³/mol. The highest BCUT2D eigenvalue weighted by molar-refractivity contribution is 5.66. The summed E-state index contributed by atoms with van der Waals surface area (Å²) in [5.74, 6) is -1.18. The van der Waals surface area contributed by atoms with E-state index in [2.05, 4.69) is 36.4 Å². The first-order valence-corrected chi connectivity index (χ1v) is 13.1. The first kappa shape index (κ1) is 26.8. The Kier molecular flexibility index (Phi) is 9.29. The van der Waals surface area contributed by atoms with Gasteiger partial charge in [0.15, 0.2) is 0 Å². The molecule has 5 nitrogen and oxygen atoms in total. The monoisotopic (exact) mass is 500 g/mol. The minimum atomic E-state index is -0.881. The van der Waals surface area contributed by atoms with Crippen molar-refractivity contribution >= 4 is 5.97 Å². The molecule has 37 heavy (non-hydrogen) atoms. The highest BCUT2D eigenvalue weighted by Gasteiger charge is 2.44. The van der Waals surface area contributed by atoms with Crippen LogP contribution < -0.4 is 0 Å². The number of carbonyl (C=O) groups is 1. The van der Waals surface area contributed by atoms with E-state index in [1.54, 1.807) is 0 Å². The Balaban J connectivity index is 1.61. The number of unbranched alkanes of at least 4 members (excludes halogenated alkanes) is 1. The molecule has 5 heteroatoms. The molecule has 3 aromatic carbocycles. The van der Waals surface area contributed by atoms with Crippen LogP contribution in [0.1, 0.15) is 48.8 Å². The van der Waals surface area contributed by atoms with Crippen LogP contribution in [0, 0.1) is 11.8 Å². The van der Waals surface area contributed by atoms with Gasteiger partial charge in [-0.05, 0) is 48.3 Å². The van der Waals surface area contributed by atoms with Gasteiger partial charge in [-0.2, -0.15) is 0 Å². The zero-order chi connectivity index (χ0) is 26.1. The summed E-state index contributed by atoms with van der Waals surface area (Å²) in [5.41, 5.74) is 2.11. The smallest absolute Gasteiger partial charge is 0.303 e. The second kappa shape index (κ2) is 12.8. The van der Waals surface area contributed by atoms with Gasteiger partial charge in [0.2, 0.25) is 0 Å². The van der Waals surface area contributed by atoms with Crippen LogP contribution in [0.3, 0.4) is 0 Å². The molecule has 0 radical (unpaired) electrons. The number of hydrogen-bond donors (Lipinski definition) is 3. The Labute approximate surface area is 219 Å². The average Bonchev–Trinajstić information content (AvgIpc) is 3.20. The Morgan fingerprint density at radius 2 is 1.27 bits per heavy atom. The van der Waals surface area contributed by atoms with E-state index in [4.69, 9.17) is 9.84 Å². The van der Waals surface area contributed by atoms with Gasteiger partial charge in [-0.15, -0.1) is 0 Å². The van der Waals surface area contributed by atoms with Gasteiger partial charge in [0.1, 0.15) is 5.60 Å². The van der Waals surface area contributed by atoms with Gasteiger partial charge < -0.3 is 20.1 Å². The SMILES string of the molecule is O=C(O)CCCC=CC[C@H]1[C@H](COC(c2ccccc2)(c2ccccc2)c2ccccc2)[C@@H](O)C[C@H]1O. The summed E-state index contributed by atoms with van der Waals surface area (Å²) in [4.78, 5) is 10.7. The molecular formula is C32H36O5. The summed E-state index contributed by atoms with van der Waals surface area (Å²) in [6, 6.07) is 30.4. The first-order chi connectivity index (χ1) is 18.0. The normalized spacial score (nSPS) is 21.9. The van der Waals surface area contributed by atoms with Crippen LogP contribution in [0.25, 0.3) is 0 Å². The van der Waals surface area contributed by atoms with Crippen molar-refractivity contribution in [3.05, 3.63) is 120 Å². The third-order valence-electron chi connectivity index (χ3n) is 7.39. The maximum absolute atomic E-state index is 10.9. The van der Waals surface area contributed by atoms with Crippen LogP contribution in [-0.4, -0.2) is 40.1 Å². The van der Waals surface area contributed by atoms with E-state index in [9.17, 15) is 15.0 Å². The fourth-order valence-corrected chi connectivity index (χ4v) is 5.47. The number of carboxylic acids is 1. The minimum absolute atomic E-state index is 0.145. The van der Waals surface area contributed by atoms with E-state index in [-0.39, 0.29) is 24.9 Å². The van der Waals surface area contributed by atoms with Gasteiger partial charge in [0, 0.05) is 12.3 Å². The molecule has 0 unspecified atom stereocenters. The summed E-state index contributed by atoms with van der Waals surface area (Å²) in [5, 5.41) is 30.5. The quantitative estimate of drug-likeness (QED) is 0.172. The van der Waals surface area contributed by atoms with Crippen LogP contribution in [0.4, 0.5) is 0 Å². The summed E-state index contributed by atoms with van der Waals surface area (Å²) in [6.07, 6.45) is 5.02. The van der Waals surface area contributed by atoms with Gasteiger partial charge >= 0.3 is 5.97 Å². The molecule has 0 saturated heterocycles. The van der Waals surface area contributed by atoms with E-state index < -0.39 is 23.8 Å². The van der Waals surface area contributed by atoms with Crippen molar-refractivity contribution in [2.45, 2.75) is 49.9 Å². The molecule has 1 fully saturated rings. The highest BCUT2D eigenvalue weighted by Crippen LogP contribution is 2.43. The van der Waals surface area contributed by atoms with Gasteiger partial charge in [-0.3, -0.25) is 4.79 Å². The van der Waals surface area contributed by atoms with Gasteiger partial charge in [-0.25, -0.2) is 0 Å². The van der Waals surface area contributed by atoms with Gasteiger partial charge in [-0.1, -0.05) is 103 Å². The molecule has 0 heterocycles. The zero-order valence-electron chi connectivity index (χ0n) is 21.0. The van der Waals surface area contributed by atoms with Crippen LogP contribution in [0.15, 0.2) is 103 Å². The molecule has 0 aromatic heterocycles. The number of benzene rings is 3. The fraction of sp³-hybridized carbons (Fsp3) is 0.344. The summed E-state index contributed by atoms with van der Waals surface area (Å²) in [7, 11) is 0. The number of aliphatic hydroxyl groups is 2. The molecule has 0 amide bonds. The second-order valence-corrected chi connectivity index (χ2v) is 9.78. The lowest BCUT2D eigenvalue weighted by Gasteiger charge is -2.38. The summed E-state index contributed by atoms with van der Waals surface area (Å²) in [6.45, 7) is 0.272. The van der Waals surface area contributed by atoms with Crippen molar-refractivity contribution in [3.8, 4) is 0 Å². The Bertz CT molecular complexity index is 1030. The molecule has 194 valence electrons. The number of aliphatic carboxylic acids is 1. The maximum Gasteiger partial charge on any atom is 0.303 e. The van der Waals surface area contributed by atoms with E-state index in [1.807, 2.05) is 66.7 Å². The lowest BCUT2D eigenvalue weighted by atomic mass is 9.79. The molecule has 1 aliphatic carbocycles. The maximum atomic E-state index is 10.9. The van der Waals surface area contributed by atoms with E-state index in [0.29, 0.717) is 25.7 Å². The molecule has 4 rings (SSSR count). The van der Waals surface area contributed by atoms with E-state index in [0.717, 1.165) is 16.7 Å². The van der Waals surface area contributed by atoms with Gasteiger partial charge in [0.05, 0.1) is 18.8 Å². The van der Waals surface area contributed by atoms with Crippen LogP contribution in [0.5, 0.6) is 0 Å². The first-order valence-electron chi connectivity index (χ1n) is 13.1. The molecule has 0 spiro atoms. The third-order valence-corrected chi connectivity index (χ3v) is 7.39. The van der Waals surface area contributed by atoms with Crippen molar-refractivity contribution in [3.63, 3.8) is 0 Å². The second-order valence-electron chi connectivity index (χ2n) is 9.78. The molecule has 0 bridgehead atoms. The lowest BCUT2D eigenvalue weighted by molar-refractivity contribution is -0.137. The Morgan fingerprint density at radius 1 is 0.784 bits per heavy atom. The molecule has 0 aliphatic heterocycles. The number of rotatable bonds is 12. The van der Waals surface area contributed by atoms with Gasteiger partial charge in [0.25, 0.3) is 0 Å². The zero-order valence-corrected chi connectivity index (χ0v) is 21.0. The van der Waals surface area contributed by atoms with Crippen molar-refractivity contribution in [2.75, 3.05) is 6.61 Å². The minimum Gasteiger partial charge on any atom is -0.481 e. The molecular weight excluding hydrogens is 464 g/mol. The number of allylic oxidation sites excluding steroid dienone is 2. The topological polar surface area (TPSA) is 87.0 Å². The molecule has 1 saturated carbocycles. The van der Waals surface area contributed by atoms with E-state index in [1.165, 1.54) is 0 Å². The average molecular weight is 501 g/mol. The number of carboxylic acid groups (broad SMARTS) is 1. The number of hydrogen-bond acceptors (Lipinski definition) is 4. The fourth-order valence-electron chi connectivity index (χ4n) is 5.47. The van der Waals surface area contributed by atoms with Crippen molar-refractivity contribution in [1.29, 1.82) is 0 Å². The van der Waals surface area contributed by atoms with Crippen molar-refractivity contribution < 1.29 is 24.9 Å². The highest BCUT2D eigenvalue weighted by atomic mass is 16.5.